The van der Waals surface area contributed by atoms with Gasteiger partial charge in [-0.2, -0.15) is 0 Å². The van der Waals surface area contributed by atoms with Crippen molar-refractivity contribution in [2.24, 2.45) is 0 Å². The van der Waals surface area contributed by atoms with Crippen molar-refractivity contribution in [2.75, 3.05) is 0 Å². The zero-order chi connectivity index (χ0) is 0. The first-order chi connectivity index (χ1) is 0. The molecule has 0 fully saturated rings. The van der Waals surface area contributed by atoms with Gasteiger partial charge in [-0.3, -0.25) is 0 Å². The first kappa shape index (κ1) is 22.7. The van der Waals surface area contributed by atoms with E-state index in [1.807, 2.05) is 0 Å². The molecule has 0 nitrogen and oxygen atoms in total. The summed E-state index contributed by atoms with van der Waals surface area (Å²) >= 11 is 0. The summed E-state index contributed by atoms with van der Waals surface area (Å²) in [6, 6.07) is 0. The molecule has 0 aliphatic rings. The van der Waals surface area contributed by atoms with E-state index in [-0.39, 0.29) is 182 Å². The van der Waals surface area contributed by atoms with E-state index < -0.39 is 0 Å². The molecule has 0 saturated carbocycles. The quantitative estimate of drug-likeness (QED) is 0.384. The zero-order valence-electron chi connectivity index (χ0n) is 4.00. The minimum Gasteiger partial charge on any atom is -0.358 e. The third-order valence-electron chi connectivity index (χ3n) is 0. The predicted octanol–water partition coefficient (Wildman–Crippen LogP) is -8.54. The van der Waals surface area contributed by atoms with Crippen molar-refractivity contribution < 1.29 is 175 Å². The molecule has 0 bridgehead atoms. The summed E-state index contributed by atoms with van der Waals surface area (Å²) in [6.45, 7) is 0. The summed E-state index contributed by atoms with van der Waals surface area (Å²) < 4.78 is 0. The van der Waals surface area contributed by atoms with E-state index in [9.17, 15) is 0 Å². The Labute approximate surface area is 175 Å². The van der Waals surface area contributed by atoms with E-state index >= 15 is 0 Å². The molecule has 0 rings (SSSR count). The van der Waals surface area contributed by atoms with Gasteiger partial charge < -0.3 is 7.43 Å². The summed E-state index contributed by atoms with van der Waals surface area (Å²) in [7, 11) is 0. The molecule has 0 aromatic heterocycles. The molecule has 0 aromatic rings. The van der Waals surface area contributed by atoms with Crippen molar-refractivity contribution in [3.8, 4) is 0 Å². The van der Waals surface area contributed by atoms with Gasteiger partial charge in [0.25, 0.3) is 0 Å². The van der Waals surface area contributed by atoms with E-state index in [1.165, 1.54) is 0 Å². The van der Waals surface area contributed by atoms with Crippen LogP contribution in [0, 0.1) is 7.43 Å². The Kier molecular flexibility index (Phi) is 89.7. The Bertz CT molecular complexity index is 3.25. The monoisotopic (exact) mass is 270 g/mol. The third-order valence-corrected chi connectivity index (χ3v) is 0. The maximum absolute atomic E-state index is 0. The molecule has 8 valence electrons. The maximum atomic E-state index is 0. The molecule has 0 heterocycles. The van der Waals surface area contributed by atoms with Gasteiger partial charge in [-0.05, 0) is 0 Å². The van der Waals surface area contributed by atoms with Crippen LogP contribution >= 0.6 is 0 Å². The largest absolute Gasteiger partial charge is 1.00 e. The smallest absolute Gasteiger partial charge is 0.358 e. The molecule has 0 radical (unpaired) electrons. The van der Waals surface area contributed by atoms with Gasteiger partial charge in [-0.15, -0.1) is 0 Å². The van der Waals surface area contributed by atoms with Crippen LogP contribution in [0.25, 0.3) is 0 Å². The number of rotatable bonds is 0. The fourth-order valence-electron chi connectivity index (χ4n) is 0. The second-order valence-corrected chi connectivity index (χ2v) is 0. The molecule has 0 spiro atoms. The van der Waals surface area contributed by atoms with Gasteiger partial charge >= 0.3 is 175 Å². The van der Waals surface area contributed by atoms with Crippen molar-refractivity contribution in [2.45, 2.75) is 0 Å². The van der Waals surface area contributed by atoms with E-state index in [0.29, 0.717) is 0 Å². The summed E-state index contributed by atoms with van der Waals surface area (Å²) in [5.74, 6) is 0. The van der Waals surface area contributed by atoms with Gasteiger partial charge in [0.2, 0.25) is 0 Å². The van der Waals surface area contributed by atoms with Crippen LogP contribution in [0.2, 0.25) is 0 Å². The van der Waals surface area contributed by atoms with Gasteiger partial charge in [0.1, 0.15) is 0 Å². The van der Waals surface area contributed by atoms with Crippen LogP contribution in [0.4, 0.5) is 0 Å². The molecule has 0 aliphatic heterocycles. The molecule has 0 aliphatic carbocycles. The van der Waals surface area contributed by atoms with Gasteiger partial charge in [-0.1, -0.05) is 0 Å². The first-order valence-corrected chi connectivity index (χ1v) is 0. The normalized spacial score (nSPS) is 0. The Morgan fingerprint density at radius 3 is 0.500 bits per heavy atom. The predicted molar refractivity (Wildman–Crippen MR) is 6.41 cm³/mol. The Morgan fingerprint density at radius 1 is 0.500 bits per heavy atom. The molecule has 0 atom stereocenters. The van der Waals surface area contributed by atoms with E-state index in [1.54, 1.807) is 0 Å². The number of hydrogen-bond acceptors (Lipinski definition) is 0. The Hall–Kier alpha value is 5.42. The summed E-state index contributed by atoms with van der Waals surface area (Å²) in [4.78, 5) is 0. The van der Waals surface area contributed by atoms with Crippen LogP contribution < -0.4 is 175 Å². The third kappa shape index (κ3) is 10.4. The number of hydrogen-bond donors (Lipinski definition) is 0. The molecule has 0 saturated heterocycles. The van der Waals surface area contributed by atoms with E-state index in [0.717, 1.165) is 0 Å². The van der Waals surface area contributed by atoms with Gasteiger partial charge in [0.15, 0.2) is 0 Å². The molecule has 0 aromatic carbocycles. The average molecular weight is 271 g/mol. The second kappa shape index (κ2) is 15.8. The SMILES string of the molecule is [CH3-].[Rb+].[Rb+].[Rb+]. The van der Waals surface area contributed by atoms with Crippen LogP contribution in [0.1, 0.15) is 0 Å². The van der Waals surface area contributed by atoms with Crippen LogP contribution in [0.15, 0.2) is 0 Å². The fraction of sp³-hybridized carbons (Fsp3) is 0. The molecule has 0 unspecified atom stereocenters. The van der Waals surface area contributed by atoms with Crippen molar-refractivity contribution >= 4 is 0 Å². The molecule has 0 amide bonds. The Morgan fingerprint density at radius 2 is 0.500 bits per heavy atom. The van der Waals surface area contributed by atoms with Crippen molar-refractivity contribution in [1.82, 2.24) is 0 Å². The van der Waals surface area contributed by atoms with Crippen LogP contribution in [-0.2, 0) is 0 Å². The Balaban J connectivity index is 0. The zero-order valence-corrected chi connectivity index (χ0v) is 18.7. The van der Waals surface area contributed by atoms with Gasteiger partial charge in [-0.25, -0.2) is 0 Å². The van der Waals surface area contributed by atoms with Crippen LogP contribution in [0.5, 0.6) is 0 Å². The van der Waals surface area contributed by atoms with Crippen molar-refractivity contribution in [1.29, 1.82) is 0 Å². The van der Waals surface area contributed by atoms with Crippen LogP contribution in [-0.4, -0.2) is 0 Å². The summed E-state index contributed by atoms with van der Waals surface area (Å²) in [5.41, 5.74) is 0. The summed E-state index contributed by atoms with van der Waals surface area (Å²) in [5, 5.41) is 0. The molecule has 0 N–H and O–H groups in total. The standard InChI is InChI=1S/CH3.3Rb/h1H3;;;/q-1;3*+1. The van der Waals surface area contributed by atoms with Crippen molar-refractivity contribution in [3.63, 3.8) is 0 Å². The first-order valence-electron chi connectivity index (χ1n) is 0. The van der Waals surface area contributed by atoms with E-state index in [4.69, 9.17) is 0 Å². The van der Waals surface area contributed by atoms with Gasteiger partial charge in [0.05, 0.1) is 0 Å². The fourth-order valence-corrected chi connectivity index (χ4v) is 0. The minimum atomic E-state index is 0. The molecule has 3 heteroatoms. The molecule has 4 heavy (non-hydrogen) atoms. The molecular formula is CH3Rb3+2. The topological polar surface area (TPSA) is 0 Å². The van der Waals surface area contributed by atoms with Crippen LogP contribution in [0.3, 0.4) is 0 Å². The molecular weight excluding hydrogens is 268 g/mol. The average Bonchev–Trinajstić information content (AvgIpc) is 0. The van der Waals surface area contributed by atoms with Crippen molar-refractivity contribution in [3.05, 3.63) is 7.43 Å². The summed E-state index contributed by atoms with van der Waals surface area (Å²) in [6.07, 6.45) is 0. The second-order valence-electron chi connectivity index (χ2n) is 0. The van der Waals surface area contributed by atoms with E-state index in [2.05, 4.69) is 0 Å². The maximum Gasteiger partial charge on any atom is 1.00 e. The minimum absolute atomic E-state index is 0. The van der Waals surface area contributed by atoms with Gasteiger partial charge in [0, 0.05) is 0 Å².